The molecule has 1 N–H and O–H groups in total. The largest absolute Gasteiger partial charge is 0.338 e. The summed E-state index contributed by atoms with van der Waals surface area (Å²) >= 11 is 18.0. The fourth-order valence-electron chi connectivity index (χ4n) is 2.51. The molecule has 4 nitrogen and oxygen atoms in total. The number of hydrogen-bond donors (Lipinski definition) is 1. The third-order valence-electron chi connectivity index (χ3n) is 3.72. The minimum absolute atomic E-state index is 0.299. The predicted molar refractivity (Wildman–Crippen MR) is 100 cm³/mol. The van der Waals surface area contributed by atoms with Crippen LogP contribution in [0, 0.1) is 0 Å². The lowest BCUT2D eigenvalue weighted by molar-refractivity contribution is 0.0941. The van der Waals surface area contributed by atoms with E-state index in [4.69, 9.17) is 34.8 Å². The van der Waals surface area contributed by atoms with E-state index >= 15 is 0 Å². The third kappa shape index (κ3) is 4.15. The van der Waals surface area contributed by atoms with Gasteiger partial charge in [0.15, 0.2) is 0 Å². The third-order valence-corrected chi connectivity index (χ3v) is 4.41. The number of hydrogen-bond acceptors (Lipinski definition) is 2. The van der Waals surface area contributed by atoms with Crippen LogP contribution in [0.1, 0.15) is 27.8 Å². The lowest BCUT2D eigenvalue weighted by atomic mass is 10.1. The zero-order chi connectivity index (χ0) is 18.0. The van der Waals surface area contributed by atoms with Crippen LogP contribution in [0.25, 0.3) is 0 Å². The van der Waals surface area contributed by atoms with E-state index in [1.165, 1.54) is 0 Å². The van der Waals surface area contributed by atoms with E-state index in [0.717, 1.165) is 5.56 Å². The molecule has 0 aliphatic carbocycles. The van der Waals surface area contributed by atoms with Crippen molar-refractivity contribution in [3.05, 3.63) is 86.9 Å². The van der Waals surface area contributed by atoms with Gasteiger partial charge in [0.1, 0.15) is 11.9 Å². The SMILES string of the molecule is Cn1ccnc1[C@H](NC(=O)c1cc(Cl)cc(Cl)c1)c1ccc(Cl)cc1. The normalized spacial score (nSPS) is 12.0. The second-order valence-corrected chi connectivity index (χ2v) is 6.82. The van der Waals surface area contributed by atoms with Gasteiger partial charge >= 0.3 is 0 Å². The number of halogens is 3. The summed E-state index contributed by atoms with van der Waals surface area (Å²) in [5.74, 6) is 0.399. The van der Waals surface area contributed by atoms with Crippen LogP contribution >= 0.6 is 34.8 Å². The Kier molecular flexibility index (Phi) is 5.33. The summed E-state index contributed by atoms with van der Waals surface area (Å²) in [7, 11) is 1.87. The van der Waals surface area contributed by atoms with Crippen molar-refractivity contribution in [1.29, 1.82) is 0 Å². The molecule has 128 valence electrons. The minimum Gasteiger partial charge on any atom is -0.338 e. The summed E-state index contributed by atoms with van der Waals surface area (Å²) in [4.78, 5) is 17.1. The van der Waals surface area contributed by atoms with Crippen molar-refractivity contribution in [3.8, 4) is 0 Å². The Balaban J connectivity index is 1.96. The van der Waals surface area contributed by atoms with Gasteiger partial charge in [-0.05, 0) is 35.9 Å². The van der Waals surface area contributed by atoms with Crippen molar-refractivity contribution in [2.45, 2.75) is 6.04 Å². The first-order valence-corrected chi connectivity index (χ1v) is 8.57. The first kappa shape index (κ1) is 17.8. The van der Waals surface area contributed by atoms with Gasteiger partial charge in [-0.2, -0.15) is 0 Å². The van der Waals surface area contributed by atoms with Gasteiger partial charge in [0, 0.05) is 40.1 Å². The van der Waals surface area contributed by atoms with Crippen LogP contribution in [-0.2, 0) is 7.05 Å². The molecule has 0 saturated carbocycles. The molecule has 1 aromatic heterocycles. The zero-order valence-corrected chi connectivity index (χ0v) is 15.5. The van der Waals surface area contributed by atoms with Gasteiger partial charge in [-0.1, -0.05) is 46.9 Å². The number of carbonyl (C=O) groups excluding carboxylic acids is 1. The maximum atomic E-state index is 12.7. The molecule has 3 rings (SSSR count). The summed E-state index contributed by atoms with van der Waals surface area (Å²) in [6, 6.07) is 11.5. The number of nitrogens with one attached hydrogen (secondary N) is 1. The summed E-state index contributed by atoms with van der Waals surface area (Å²) in [6.07, 6.45) is 3.50. The van der Waals surface area contributed by atoms with Gasteiger partial charge in [0.05, 0.1) is 0 Å². The molecule has 2 aromatic carbocycles. The Morgan fingerprint density at radius 3 is 2.24 bits per heavy atom. The molecule has 0 aliphatic rings. The molecule has 0 fully saturated rings. The quantitative estimate of drug-likeness (QED) is 0.684. The number of amides is 1. The fourth-order valence-corrected chi connectivity index (χ4v) is 3.16. The average Bonchev–Trinajstić information content (AvgIpc) is 2.98. The molecule has 3 aromatic rings. The maximum Gasteiger partial charge on any atom is 0.252 e. The van der Waals surface area contributed by atoms with Crippen LogP contribution in [0.2, 0.25) is 15.1 Å². The first-order valence-electron chi connectivity index (χ1n) is 7.43. The summed E-state index contributed by atoms with van der Waals surface area (Å²) in [5, 5.41) is 4.41. The molecular formula is C18H14Cl3N3O. The number of imidazole rings is 1. The summed E-state index contributed by atoms with van der Waals surface area (Å²) in [6.45, 7) is 0. The predicted octanol–water partition coefficient (Wildman–Crippen LogP) is 4.90. The van der Waals surface area contributed by atoms with Gasteiger partial charge in [0.2, 0.25) is 0 Å². The Morgan fingerprint density at radius 2 is 1.68 bits per heavy atom. The lowest BCUT2D eigenvalue weighted by Gasteiger charge is -2.19. The molecule has 0 bridgehead atoms. The van der Waals surface area contributed by atoms with Crippen LogP contribution in [0.15, 0.2) is 54.9 Å². The second-order valence-electron chi connectivity index (χ2n) is 5.51. The highest BCUT2D eigenvalue weighted by molar-refractivity contribution is 6.35. The average molecular weight is 395 g/mol. The van der Waals surface area contributed by atoms with E-state index in [-0.39, 0.29) is 5.91 Å². The molecule has 0 aliphatic heterocycles. The zero-order valence-electron chi connectivity index (χ0n) is 13.2. The molecule has 0 radical (unpaired) electrons. The Morgan fingerprint density at radius 1 is 1.04 bits per heavy atom. The van der Waals surface area contributed by atoms with Crippen LogP contribution in [0.4, 0.5) is 0 Å². The molecule has 1 heterocycles. The number of nitrogens with zero attached hydrogens (tertiary/aromatic N) is 2. The Bertz CT molecular complexity index is 886. The highest BCUT2D eigenvalue weighted by Crippen LogP contribution is 2.24. The Hall–Kier alpha value is -2.01. The molecule has 1 amide bonds. The van der Waals surface area contributed by atoms with Gasteiger partial charge in [-0.15, -0.1) is 0 Å². The van der Waals surface area contributed by atoms with Crippen molar-refractivity contribution in [2.75, 3.05) is 0 Å². The number of rotatable bonds is 4. The Labute approximate surface area is 160 Å². The molecule has 7 heteroatoms. The van der Waals surface area contributed by atoms with E-state index in [1.54, 1.807) is 36.5 Å². The molecular weight excluding hydrogens is 381 g/mol. The van der Waals surface area contributed by atoms with Crippen LogP contribution < -0.4 is 5.32 Å². The standard InChI is InChI=1S/C18H14Cl3N3O/c1-24-7-6-22-17(24)16(11-2-4-13(19)5-3-11)23-18(25)12-8-14(20)10-15(21)9-12/h2-10,16H,1H3,(H,23,25)/t16-/m1/s1. The highest BCUT2D eigenvalue weighted by atomic mass is 35.5. The van der Waals surface area contributed by atoms with Crippen molar-refractivity contribution < 1.29 is 4.79 Å². The minimum atomic E-state index is -0.442. The molecule has 25 heavy (non-hydrogen) atoms. The van der Waals surface area contributed by atoms with E-state index < -0.39 is 6.04 Å². The number of aromatic nitrogens is 2. The van der Waals surface area contributed by atoms with Crippen molar-refractivity contribution in [1.82, 2.24) is 14.9 Å². The van der Waals surface area contributed by atoms with Gasteiger partial charge < -0.3 is 9.88 Å². The van der Waals surface area contributed by atoms with E-state index in [9.17, 15) is 4.79 Å². The fraction of sp³-hybridized carbons (Fsp3) is 0.111. The molecule has 1 atom stereocenters. The molecule has 0 saturated heterocycles. The lowest BCUT2D eigenvalue weighted by Crippen LogP contribution is -2.31. The van der Waals surface area contributed by atoms with Crippen molar-refractivity contribution >= 4 is 40.7 Å². The summed E-state index contributed by atoms with van der Waals surface area (Å²) in [5.41, 5.74) is 1.24. The van der Waals surface area contributed by atoms with Crippen LogP contribution in [0.3, 0.4) is 0 Å². The maximum absolute atomic E-state index is 12.7. The van der Waals surface area contributed by atoms with Gasteiger partial charge in [0.25, 0.3) is 5.91 Å². The molecule has 0 spiro atoms. The first-order chi connectivity index (χ1) is 11.9. The van der Waals surface area contributed by atoms with Gasteiger partial charge in [-0.25, -0.2) is 4.98 Å². The topological polar surface area (TPSA) is 46.9 Å². The van der Waals surface area contributed by atoms with E-state index in [2.05, 4.69) is 10.3 Å². The monoisotopic (exact) mass is 393 g/mol. The number of aryl methyl sites for hydroxylation is 1. The second kappa shape index (κ2) is 7.48. The number of carbonyl (C=O) groups is 1. The highest BCUT2D eigenvalue weighted by Gasteiger charge is 2.21. The number of benzene rings is 2. The van der Waals surface area contributed by atoms with E-state index in [1.807, 2.05) is 29.9 Å². The van der Waals surface area contributed by atoms with Crippen LogP contribution in [-0.4, -0.2) is 15.5 Å². The van der Waals surface area contributed by atoms with Crippen LogP contribution in [0.5, 0.6) is 0 Å². The summed E-state index contributed by atoms with van der Waals surface area (Å²) < 4.78 is 1.85. The smallest absolute Gasteiger partial charge is 0.252 e. The van der Waals surface area contributed by atoms with Crippen molar-refractivity contribution in [3.63, 3.8) is 0 Å². The van der Waals surface area contributed by atoms with Crippen molar-refractivity contribution in [2.24, 2.45) is 7.05 Å². The van der Waals surface area contributed by atoms with E-state index in [0.29, 0.717) is 26.5 Å². The molecule has 0 unspecified atom stereocenters. The van der Waals surface area contributed by atoms with Gasteiger partial charge in [-0.3, -0.25) is 4.79 Å².